The number of rotatable bonds is 6. The number of amides is 2. The molecule has 2 aromatic rings. The van der Waals surface area contributed by atoms with Crippen LogP contribution in [0.5, 0.6) is 0 Å². The normalized spacial score (nSPS) is 11.6. The van der Waals surface area contributed by atoms with Crippen LogP contribution in [-0.2, 0) is 11.2 Å². The summed E-state index contributed by atoms with van der Waals surface area (Å²) in [5.41, 5.74) is 0.498. The summed E-state index contributed by atoms with van der Waals surface area (Å²) in [6, 6.07) is 6.79. The minimum Gasteiger partial charge on any atom is -0.479 e. The summed E-state index contributed by atoms with van der Waals surface area (Å²) in [6.07, 6.45) is 1.60. The number of benzene rings is 1. The fourth-order valence-electron chi connectivity index (χ4n) is 1.71. The first-order valence-electron chi connectivity index (χ1n) is 6.24. The standard InChI is InChI=1S/C13H14N4O4/c18-12(19)11(9-4-2-1-3-5-9)16-13(20)14-7-6-10-15-8-21-17-10/h1-5,8,11H,6-7H2,(H,18,19)(H2,14,16,20)/t11-/m1/s1. The predicted octanol–water partition coefficient (Wildman–Crippen LogP) is 0.737. The number of aromatic nitrogens is 2. The Kier molecular flexibility index (Phi) is 4.86. The fraction of sp³-hybridized carbons (Fsp3) is 0.231. The molecule has 1 aromatic heterocycles. The van der Waals surface area contributed by atoms with E-state index in [0.717, 1.165) is 0 Å². The molecule has 0 bridgehead atoms. The van der Waals surface area contributed by atoms with Crippen LogP contribution in [0.4, 0.5) is 4.79 Å². The molecule has 0 radical (unpaired) electrons. The highest BCUT2D eigenvalue weighted by Gasteiger charge is 2.21. The van der Waals surface area contributed by atoms with Crippen LogP contribution in [0.15, 0.2) is 41.2 Å². The van der Waals surface area contributed by atoms with Crippen molar-refractivity contribution in [2.45, 2.75) is 12.5 Å². The molecular formula is C13H14N4O4. The van der Waals surface area contributed by atoms with E-state index in [-0.39, 0.29) is 6.54 Å². The van der Waals surface area contributed by atoms with Gasteiger partial charge in [-0.2, -0.15) is 4.98 Å². The summed E-state index contributed by atoms with van der Waals surface area (Å²) in [6.45, 7) is 0.270. The molecule has 110 valence electrons. The third kappa shape index (κ3) is 4.30. The molecule has 3 N–H and O–H groups in total. The van der Waals surface area contributed by atoms with Crippen molar-refractivity contribution in [3.63, 3.8) is 0 Å². The van der Waals surface area contributed by atoms with Gasteiger partial charge in [-0.1, -0.05) is 35.5 Å². The Morgan fingerprint density at radius 3 is 2.67 bits per heavy atom. The Labute approximate surface area is 120 Å². The Balaban J connectivity index is 1.85. The second kappa shape index (κ2) is 7.04. The van der Waals surface area contributed by atoms with Gasteiger partial charge >= 0.3 is 12.0 Å². The second-order valence-corrected chi connectivity index (χ2v) is 4.18. The maximum Gasteiger partial charge on any atom is 0.330 e. The van der Waals surface area contributed by atoms with E-state index in [4.69, 9.17) is 0 Å². The smallest absolute Gasteiger partial charge is 0.330 e. The Bertz CT molecular complexity index is 585. The van der Waals surface area contributed by atoms with E-state index in [9.17, 15) is 14.7 Å². The van der Waals surface area contributed by atoms with Crippen molar-refractivity contribution >= 4 is 12.0 Å². The molecule has 0 unspecified atom stereocenters. The van der Waals surface area contributed by atoms with Gasteiger partial charge < -0.3 is 20.3 Å². The molecule has 1 aromatic carbocycles. The average molecular weight is 290 g/mol. The predicted molar refractivity (Wildman–Crippen MR) is 71.4 cm³/mol. The SMILES string of the molecule is O=C(NCCc1ncon1)N[C@@H](C(=O)O)c1ccccc1. The van der Waals surface area contributed by atoms with Gasteiger partial charge in [0.1, 0.15) is 0 Å². The first kappa shape index (κ1) is 14.5. The van der Waals surface area contributed by atoms with Gasteiger partial charge in [0.05, 0.1) is 0 Å². The highest BCUT2D eigenvalue weighted by atomic mass is 16.5. The van der Waals surface area contributed by atoms with Crippen molar-refractivity contribution in [1.29, 1.82) is 0 Å². The lowest BCUT2D eigenvalue weighted by Crippen LogP contribution is -2.41. The van der Waals surface area contributed by atoms with E-state index < -0.39 is 18.0 Å². The molecule has 0 aliphatic rings. The van der Waals surface area contributed by atoms with Gasteiger partial charge in [-0.05, 0) is 5.56 Å². The van der Waals surface area contributed by atoms with Crippen LogP contribution in [0, 0.1) is 0 Å². The van der Waals surface area contributed by atoms with Crippen molar-refractivity contribution in [2.75, 3.05) is 6.54 Å². The summed E-state index contributed by atoms with van der Waals surface area (Å²) in [4.78, 5) is 26.7. The van der Waals surface area contributed by atoms with Gasteiger partial charge in [0.2, 0.25) is 6.39 Å². The van der Waals surface area contributed by atoms with Crippen LogP contribution in [0.3, 0.4) is 0 Å². The highest BCUT2D eigenvalue weighted by Crippen LogP contribution is 2.12. The molecule has 0 spiro atoms. The molecule has 0 saturated carbocycles. The Morgan fingerprint density at radius 2 is 2.05 bits per heavy atom. The minimum atomic E-state index is -1.13. The molecule has 0 saturated heterocycles. The van der Waals surface area contributed by atoms with Gasteiger partial charge in [0.15, 0.2) is 11.9 Å². The maximum absolute atomic E-state index is 11.7. The van der Waals surface area contributed by atoms with Crippen LogP contribution in [-0.4, -0.2) is 33.8 Å². The van der Waals surface area contributed by atoms with Crippen LogP contribution < -0.4 is 10.6 Å². The molecule has 21 heavy (non-hydrogen) atoms. The van der Waals surface area contributed by atoms with Gasteiger partial charge in [0.25, 0.3) is 0 Å². The molecule has 1 atom stereocenters. The number of aliphatic carboxylic acids is 1. The molecule has 1 heterocycles. The molecule has 0 aliphatic heterocycles. The summed E-state index contributed by atoms with van der Waals surface area (Å²) in [5.74, 6) is -0.664. The summed E-state index contributed by atoms with van der Waals surface area (Å²) in [5, 5.41) is 17.7. The first-order chi connectivity index (χ1) is 10.2. The monoisotopic (exact) mass is 290 g/mol. The lowest BCUT2D eigenvalue weighted by atomic mass is 10.1. The number of carbonyl (C=O) groups excluding carboxylic acids is 1. The number of carboxylic acid groups (broad SMARTS) is 1. The van der Waals surface area contributed by atoms with E-state index in [0.29, 0.717) is 17.8 Å². The van der Waals surface area contributed by atoms with Crippen LogP contribution in [0.2, 0.25) is 0 Å². The zero-order valence-electron chi connectivity index (χ0n) is 11.0. The van der Waals surface area contributed by atoms with Crippen molar-refractivity contribution in [3.8, 4) is 0 Å². The number of carbonyl (C=O) groups is 2. The fourth-order valence-corrected chi connectivity index (χ4v) is 1.71. The molecule has 2 amide bonds. The van der Waals surface area contributed by atoms with E-state index in [2.05, 4.69) is 25.3 Å². The largest absolute Gasteiger partial charge is 0.479 e. The van der Waals surface area contributed by atoms with Crippen LogP contribution in [0.1, 0.15) is 17.4 Å². The van der Waals surface area contributed by atoms with Gasteiger partial charge in [-0.15, -0.1) is 0 Å². The number of carboxylic acids is 1. The third-order valence-electron chi connectivity index (χ3n) is 2.70. The lowest BCUT2D eigenvalue weighted by Gasteiger charge is -2.15. The summed E-state index contributed by atoms with van der Waals surface area (Å²) >= 11 is 0. The van der Waals surface area contributed by atoms with E-state index in [1.165, 1.54) is 6.39 Å². The molecule has 0 fully saturated rings. The first-order valence-corrected chi connectivity index (χ1v) is 6.24. The summed E-state index contributed by atoms with van der Waals surface area (Å²) < 4.78 is 4.56. The molecule has 2 rings (SSSR count). The third-order valence-corrected chi connectivity index (χ3v) is 2.70. The van der Waals surface area contributed by atoms with Gasteiger partial charge in [0, 0.05) is 13.0 Å². The van der Waals surface area contributed by atoms with Gasteiger partial charge in [-0.3, -0.25) is 0 Å². The summed E-state index contributed by atoms with van der Waals surface area (Å²) in [7, 11) is 0. The number of nitrogens with one attached hydrogen (secondary N) is 2. The average Bonchev–Trinajstić information content (AvgIpc) is 2.98. The zero-order valence-corrected chi connectivity index (χ0v) is 11.0. The van der Waals surface area contributed by atoms with Crippen molar-refractivity contribution in [1.82, 2.24) is 20.8 Å². The molecular weight excluding hydrogens is 276 g/mol. The van der Waals surface area contributed by atoms with Crippen LogP contribution >= 0.6 is 0 Å². The molecule has 0 aliphatic carbocycles. The molecule has 8 heteroatoms. The number of urea groups is 1. The zero-order chi connectivity index (χ0) is 15.1. The van der Waals surface area contributed by atoms with Gasteiger partial charge in [-0.25, -0.2) is 9.59 Å². The quantitative estimate of drug-likeness (QED) is 0.722. The van der Waals surface area contributed by atoms with Crippen LogP contribution in [0.25, 0.3) is 0 Å². The number of hydrogen-bond acceptors (Lipinski definition) is 5. The highest BCUT2D eigenvalue weighted by molar-refractivity contribution is 5.83. The minimum absolute atomic E-state index is 0.270. The Morgan fingerprint density at radius 1 is 1.29 bits per heavy atom. The van der Waals surface area contributed by atoms with Crippen molar-refractivity contribution in [2.24, 2.45) is 0 Å². The van der Waals surface area contributed by atoms with E-state index in [1.807, 2.05) is 0 Å². The van der Waals surface area contributed by atoms with Crippen molar-refractivity contribution < 1.29 is 19.2 Å². The maximum atomic E-state index is 11.7. The Hall–Kier alpha value is -2.90. The lowest BCUT2D eigenvalue weighted by molar-refractivity contribution is -0.139. The number of hydrogen-bond donors (Lipinski definition) is 3. The number of nitrogens with zero attached hydrogens (tertiary/aromatic N) is 2. The van der Waals surface area contributed by atoms with Crippen molar-refractivity contribution in [3.05, 3.63) is 48.1 Å². The second-order valence-electron chi connectivity index (χ2n) is 4.18. The van der Waals surface area contributed by atoms with E-state index >= 15 is 0 Å². The van der Waals surface area contributed by atoms with E-state index in [1.54, 1.807) is 30.3 Å². The topological polar surface area (TPSA) is 117 Å². The molecule has 8 nitrogen and oxygen atoms in total.